The molecule has 0 spiro atoms. The maximum Gasteiger partial charge on any atom is 0.170 e. The summed E-state index contributed by atoms with van der Waals surface area (Å²) in [6, 6.07) is 5.38. The zero-order valence-corrected chi connectivity index (χ0v) is 10.8. The van der Waals surface area contributed by atoms with E-state index >= 15 is 0 Å². The molecule has 88 valence electrons. The van der Waals surface area contributed by atoms with Crippen molar-refractivity contribution >= 4 is 29.6 Å². The lowest BCUT2D eigenvalue weighted by atomic mass is 10.1. The SMILES string of the molecule is COc1ccc(C=O)cc1CSc1ncns1. The van der Waals surface area contributed by atoms with Crippen molar-refractivity contribution in [2.24, 2.45) is 0 Å². The third kappa shape index (κ3) is 3.04. The van der Waals surface area contributed by atoms with Gasteiger partial charge in [0.15, 0.2) is 4.34 Å². The van der Waals surface area contributed by atoms with Crippen LogP contribution in [0.25, 0.3) is 0 Å². The molecule has 0 aliphatic carbocycles. The fourth-order valence-corrected chi connectivity index (χ4v) is 2.77. The van der Waals surface area contributed by atoms with Crippen molar-refractivity contribution < 1.29 is 9.53 Å². The van der Waals surface area contributed by atoms with Gasteiger partial charge in [-0.05, 0) is 29.7 Å². The lowest BCUT2D eigenvalue weighted by molar-refractivity contribution is 0.112. The van der Waals surface area contributed by atoms with Gasteiger partial charge in [-0.15, -0.1) is 0 Å². The number of hydrogen-bond acceptors (Lipinski definition) is 6. The van der Waals surface area contributed by atoms with Crippen LogP contribution in [-0.4, -0.2) is 22.8 Å². The van der Waals surface area contributed by atoms with Crippen LogP contribution >= 0.6 is 23.3 Å². The molecule has 0 saturated carbocycles. The predicted molar refractivity (Wildman–Crippen MR) is 67.9 cm³/mol. The molecule has 17 heavy (non-hydrogen) atoms. The normalized spacial score (nSPS) is 10.2. The molecule has 1 aromatic heterocycles. The number of ether oxygens (including phenoxy) is 1. The first-order chi connectivity index (χ1) is 8.33. The molecule has 6 heteroatoms. The maximum absolute atomic E-state index is 10.7. The van der Waals surface area contributed by atoms with Crippen molar-refractivity contribution in [3.8, 4) is 5.75 Å². The Morgan fingerprint density at radius 3 is 3.06 bits per heavy atom. The number of aromatic nitrogens is 2. The molecule has 0 radical (unpaired) electrons. The number of thioether (sulfide) groups is 1. The Kier molecular flexibility index (Phi) is 4.11. The molecule has 0 N–H and O–H groups in total. The van der Waals surface area contributed by atoms with Gasteiger partial charge in [-0.3, -0.25) is 4.79 Å². The van der Waals surface area contributed by atoms with E-state index < -0.39 is 0 Å². The van der Waals surface area contributed by atoms with Gasteiger partial charge < -0.3 is 4.74 Å². The van der Waals surface area contributed by atoms with Crippen LogP contribution in [0.15, 0.2) is 28.9 Å². The van der Waals surface area contributed by atoms with Crippen LogP contribution in [0.3, 0.4) is 0 Å². The van der Waals surface area contributed by atoms with Crippen LogP contribution in [0.5, 0.6) is 5.75 Å². The Hall–Kier alpha value is -1.40. The van der Waals surface area contributed by atoms with E-state index in [1.165, 1.54) is 17.9 Å². The molecule has 2 aromatic rings. The highest BCUT2D eigenvalue weighted by atomic mass is 32.2. The second-order valence-corrected chi connectivity index (χ2v) is 5.19. The fourth-order valence-electron chi connectivity index (χ4n) is 1.35. The van der Waals surface area contributed by atoms with Gasteiger partial charge >= 0.3 is 0 Å². The third-order valence-corrected chi connectivity index (χ3v) is 3.98. The van der Waals surface area contributed by atoms with Crippen LogP contribution < -0.4 is 4.74 Å². The van der Waals surface area contributed by atoms with Gasteiger partial charge in [0.25, 0.3) is 0 Å². The molecule has 0 aliphatic rings. The molecular formula is C11H10N2O2S2. The Morgan fingerprint density at radius 1 is 1.53 bits per heavy atom. The summed E-state index contributed by atoms with van der Waals surface area (Å²) in [6.07, 6.45) is 2.37. The minimum atomic E-state index is 0.652. The molecule has 1 aromatic carbocycles. The zero-order valence-electron chi connectivity index (χ0n) is 9.12. The molecule has 4 nitrogen and oxygen atoms in total. The monoisotopic (exact) mass is 266 g/mol. The first-order valence-electron chi connectivity index (χ1n) is 4.85. The Morgan fingerprint density at radius 2 is 2.41 bits per heavy atom. The van der Waals surface area contributed by atoms with Crippen LogP contribution in [0.2, 0.25) is 0 Å². The number of benzene rings is 1. The number of hydrogen-bond donors (Lipinski definition) is 0. The summed E-state index contributed by atoms with van der Waals surface area (Å²) < 4.78 is 10.1. The fraction of sp³-hybridized carbons (Fsp3) is 0.182. The second-order valence-electron chi connectivity index (χ2n) is 3.18. The van der Waals surface area contributed by atoms with Gasteiger partial charge in [0.1, 0.15) is 18.4 Å². The van der Waals surface area contributed by atoms with E-state index in [0.29, 0.717) is 11.3 Å². The van der Waals surface area contributed by atoms with E-state index in [9.17, 15) is 4.79 Å². The second kappa shape index (κ2) is 5.79. The Labute approximate surface area is 107 Å². The number of carbonyl (C=O) groups is 1. The molecular weight excluding hydrogens is 256 g/mol. The van der Waals surface area contributed by atoms with E-state index in [4.69, 9.17) is 4.74 Å². The van der Waals surface area contributed by atoms with Gasteiger partial charge in [0.2, 0.25) is 0 Å². The van der Waals surface area contributed by atoms with Crippen molar-refractivity contribution in [3.63, 3.8) is 0 Å². The Bertz CT molecular complexity index is 500. The minimum Gasteiger partial charge on any atom is -0.496 e. The van der Waals surface area contributed by atoms with Gasteiger partial charge in [-0.25, -0.2) is 4.98 Å². The third-order valence-electron chi connectivity index (χ3n) is 2.13. The number of aldehydes is 1. The Balaban J connectivity index is 2.15. The summed E-state index contributed by atoms with van der Waals surface area (Å²) >= 11 is 2.93. The first kappa shape index (κ1) is 12.1. The highest BCUT2D eigenvalue weighted by molar-refractivity contribution is 8.00. The average molecular weight is 266 g/mol. The van der Waals surface area contributed by atoms with Crippen LogP contribution in [0.4, 0.5) is 0 Å². The van der Waals surface area contributed by atoms with Gasteiger partial charge in [-0.2, -0.15) is 4.37 Å². The quantitative estimate of drug-likeness (QED) is 0.615. The van der Waals surface area contributed by atoms with Gasteiger partial charge in [0, 0.05) is 16.9 Å². The minimum absolute atomic E-state index is 0.652. The molecule has 0 saturated heterocycles. The number of carbonyl (C=O) groups excluding carboxylic acids is 1. The predicted octanol–water partition coefficient (Wildman–Crippen LogP) is 2.65. The first-order valence-corrected chi connectivity index (χ1v) is 6.61. The van der Waals surface area contributed by atoms with Gasteiger partial charge in [0.05, 0.1) is 7.11 Å². The van der Waals surface area contributed by atoms with Crippen LogP contribution in [-0.2, 0) is 5.75 Å². The highest BCUT2D eigenvalue weighted by Crippen LogP contribution is 2.28. The summed E-state index contributed by atoms with van der Waals surface area (Å²) in [7, 11) is 1.62. The van der Waals surface area contributed by atoms with E-state index in [1.807, 2.05) is 6.07 Å². The molecule has 0 fully saturated rings. The standard InChI is InChI=1S/C11H10N2O2S2/c1-15-10-3-2-8(5-14)4-9(10)6-16-11-12-7-13-17-11/h2-5,7H,6H2,1H3. The van der Waals surface area contributed by atoms with E-state index in [1.54, 1.807) is 31.0 Å². The van der Waals surface area contributed by atoms with Crippen molar-refractivity contribution in [1.82, 2.24) is 9.36 Å². The van der Waals surface area contributed by atoms with E-state index in [0.717, 1.165) is 21.9 Å². The van der Waals surface area contributed by atoms with Crippen molar-refractivity contribution in [1.29, 1.82) is 0 Å². The maximum atomic E-state index is 10.7. The molecule has 0 unspecified atom stereocenters. The van der Waals surface area contributed by atoms with E-state index in [2.05, 4.69) is 9.36 Å². The van der Waals surface area contributed by atoms with Crippen LogP contribution in [0, 0.1) is 0 Å². The molecule has 0 atom stereocenters. The topological polar surface area (TPSA) is 52.1 Å². The summed E-state index contributed by atoms with van der Waals surface area (Å²) in [5, 5.41) is 0. The van der Waals surface area contributed by atoms with Crippen molar-refractivity contribution in [2.45, 2.75) is 10.1 Å². The lowest BCUT2D eigenvalue weighted by Gasteiger charge is -2.07. The smallest absolute Gasteiger partial charge is 0.170 e. The number of rotatable bonds is 5. The van der Waals surface area contributed by atoms with Crippen molar-refractivity contribution in [3.05, 3.63) is 35.7 Å². The zero-order chi connectivity index (χ0) is 12.1. The molecule has 0 bridgehead atoms. The summed E-state index contributed by atoms with van der Waals surface area (Å²) in [5.41, 5.74) is 1.64. The molecule has 0 aliphatic heterocycles. The summed E-state index contributed by atoms with van der Waals surface area (Å²) in [4.78, 5) is 14.8. The summed E-state index contributed by atoms with van der Waals surface area (Å²) in [6.45, 7) is 0. The molecule has 0 amide bonds. The summed E-state index contributed by atoms with van der Waals surface area (Å²) in [5.74, 6) is 1.49. The molecule has 2 rings (SSSR count). The largest absolute Gasteiger partial charge is 0.496 e. The molecule has 1 heterocycles. The van der Waals surface area contributed by atoms with Gasteiger partial charge in [-0.1, -0.05) is 11.8 Å². The van der Waals surface area contributed by atoms with Crippen LogP contribution in [0.1, 0.15) is 15.9 Å². The average Bonchev–Trinajstić information content (AvgIpc) is 2.89. The highest BCUT2D eigenvalue weighted by Gasteiger charge is 2.06. The number of nitrogens with zero attached hydrogens (tertiary/aromatic N) is 2. The number of methoxy groups -OCH3 is 1. The van der Waals surface area contributed by atoms with E-state index in [-0.39, 0.29) is 0 Å². The van der Waals surface area contributed by atoms with Crippen molar-refractivity contribution in [2.75, 3.05) is 7.11 Å². The lowest BCUT2D eigenvalue weighted by Crippen LogP contribution is -1.92.